The fourth-order valence-electron chi connectivity index (χ4n) is 1.66. The third-order valence-corrected chi connectivity index (χ3v) is 2.63. The van der Waals surface area contributed by atoms with Crippen LogP contribution in [0.15, 0.2) is 12.1 Å². The molecule has 0 aromatic carbocycles. The summed E-state index contributed by atoms with van der Waals surface area (Å²) in [6, 6.07) is 3.07. The number of hydrogen-bond acceptors (Lipinski definition) is 6. The van der Waals surface area contributed by atoms with Gasteiger partial charge in [0.2, 0.25) is 5.82 Å². The number of nitro groups is 1. The van der Waals surface area contributed by atoms with Crippen LogP contribution in [-0.4, -0.2) is 35.7 Å². The van der Waals surface area contributed by atoms with Gasteiger partial charge in [-0.1, -0.05) is 6.92 Å². The van der Waals surface area contributed by atoms with Crippen molar-refractivity contribution < 1.29 is 9.66 Å². The van der Waals surface area contributed by atoms with Gasteiger partial charge < -0.3 is 15.4 Å². The molecule has 1 unspecified atom stereocenters. The van der Waals surface area contributed by atoms with Crippen LogP contribution in [0.1, 0.15) is 27.2 Å². The summed E-state index contributed by atoms with van der Waals surface area (Å²) in [7, 11) is 0. The molecule has 0 spiro atoms. The average molecular weight is 282 g/mol. The first kappa shape index (κ1) is 16.2. The van der Waals surface area contributed by atoms with Gasteiger partial charge in [-0.15, -0.1) is 0 Å². The van der Waals surface area contributed by atoms with E-state index in [-0.39, 0.29) is 17.6 Å². The minimum atomic E-state index is -0.440. The SMILES string of the molecule is CCCNc1ccc([N+](=O)[O-])c(NCC(C)OCC)n1. The Balaban J connectivity index is 2.80. The van der Waals surface area contributed by atoms with Crippen molar-refractivity contribution in [1.29, 1.82) is 0 Å². The number of nitrogens with zero attached hydrogens (tertiary/aromatic N) is 2. The van der Waals surface area contributed by atoms with Crippen LogP contribution in [0.2, 0.25) is 0 Å². The third-order valence-electron chi connectivity index (χ3n) is 2.63. The highest BCUT2D eigenvalue weighted by Crippen LogP contribution is 2.24. The van der Waals surface area contributed by atoms with E-state index in [0.29, 0.717) is 19.0 Å². The molecule has 2 N–H and O–H groups in total. The molecule has 0 saturated heterocycles. The van der Waals surface area contributed by atoms with Crippen molar-refractivity contribution in [3.63, 3.8) is 0 Å². The molecular weight excluding hydrogens is 260 g/mol. The number of aromatic nitrogens is 1. The Morgan fingerprint density at radius 2 is 2.15 bits per heavy atom. The summed E-state index contributed by atoms with van der Waals surface area (Å²) in [4.78, 5) is 14.8. The van der Waals surface area contributed by atoms with Crippen LogP contribution in [0.5, 0.6) is 0 Å². The first-order valence-corrected chi connectivity index (χ1v) is 6.83. The van der Waals surface area contributed by atoms with Crippen LogP contribution in [-0.2, 0) is 4.74 Å². The van der Waals surface area contributed by atoms with E-state index in [1.165, 1.54) is 6.07 Å². The zero-order chi connectivity index (χ0) is 15.0. The lowest BCUT2D eigenvalue weighted by Gasteiger charge is -2.14. The normalized spacial score (nSPS) is 11.9. The average Bonchev–Trinajstić information content (AvgIpc) is 2.43. The minimum Gasteiger partial charge on any atom is -0.377 e. The van der Waals surface area contributed by atoms with Gasteiger partial charge >= 0.3 is 5.69 Å². The van der Waals surface area contributed by atoms with Crippen molar-refractivity contribution in [1.82, 2.24) is 4.98 Å². The van der Waals surface area contributed by atoms with E-state index in [1.807, 2.05) is 20.8 Å². The number of hydrogen-bond donors (Lipinski definition) is 2. The van der Waals surface area contributed by atoms with E-state index in [9.17, 15) is 10.1 Å². The molecule has 0 aliphatic rings. The third kappa shape index (κ3) is 5.00. The molecule has 20 heavy (non-hydrogen) atoms. The highest BCUT2D eigenvalue weighted by molar-refractivity contribution is 5.60. The Kier molecular flexibility index (Phi) is 6.72. The highest BCUT2D eigenvalue weighted by atomic mass is 16.6. The molecule has 0 aliphatic carbocycles. The summed E-state index contributed by atoms with van der Waals surface area (Å²) < 4.78 is 5.38. The van der Waals surface area contributed by atoms with Crippen molar-refractivity contribution in [2.45, 2.75) is 33.3 Å². The molecule has 1 aromatic heterocycles. The zero-order valence-corrected chi connectivity index (χ0v) is 12.2. The fourth-order valence-corrected chi connectivity index (χ4v) is 1.66. The van der Waals surface area contributed by atoms with Gasteiger partial charge in [0.1, 0.15) is 5.82 Å². The first-order chi connectivity index (χ1) is 9.58. The van der Waals surface area contributed by atoms with Gasteiger partial charge in [0.25, 0.3) is 0 Å². The topological polar surface area (TPSA) is 89.3 Å². The molecule has 0 aliphatic heterocycles. The fraction of sp³-hybridized carbons (Fsp3) is 0.615. The Morgan fingerprint density at radius 3 is 2.75 bits per heavy atom. The monoisotopic (exact) mass is 282 g/mol. The molecule has 1 heterocycles. The lowest BCUT2D eigenvalue weighted by atomic mass is 10.3. The second-order valence-corrected chi connectivity index (χ2v) is 4.39. The van der Waals surface area contributed by atoms with Gasteiger partial charge in [-0.2, -0.15) is 0 Å². The van der Waals surface area contributed by atoms with Crippen LogP contribution in [0.3, 0.4) is 0 Å². The van der Waals surface area contributed by atoms with Gasteiger partial charge in [0.05, 0.1) is 11.0 Å². The molecule has 7 nitrogen and oxygen atoms in total. The van der Waals surface area contributed by atoms with Gasteiger partial charge in [-0.05, 0) is 26.3 Å². The molecule has 1 atom stereocenters. The quantitative estimate of drug-likeness (QED) is 0.534. The van der Waals surface area contributed by atoms with Crippen LogP contribution in [0.25, 0.3) is 0 Å². The predicted octanol–water partition coefficient (Wildman–Crippen LogP) is 2.65. The summed E-state index contributed by atoms with van der Waals surface area (Å²) >= 11 is 0. The summed E-state index contributed by atoms with van der Waals surface area (Å²) in [5.74, 6) is 0.895. The molecule has 7 heteroatoms. The second-order valence-electron chi connectivity index (χ2n) is 4.39. The number of rotatable bonds is 9. The van der Waals surface area contributed by atoms with E-state index in [2.05, 4.69) is 15.6 Å². The molecule has 0 amide bonds. The van der Waals surface area contributed by atoms with Gasteiger partial charge in [0, 0.05) is 25.8 Å². The first-order valence-electron chi connectivity index (χ1n) is 6.83. The summed E-state index contributed by atoms with van der Waals surface area (Å²) in [5.41, 5.74) is -0.0317. The van der Waals surface area contributed by atoms with Gasteiger partial charge in [-0.25, -0.2) is 4.98 Å². The van der Waals surface area contributed by atoms with E-state index >= 15 is 0 Å². The molecule has 0 radical (unpaired) electrons. The van der Waals surface area contributed by atoms with Crippen molar-refractivity contribution in [3.05, 3.63) is 22.2 Å². The number of pyridine rings is 1. The number of ether oxygens (including phenoxy) is 1. The summed E-state index contributed by atoms with van der Waals surface area (Å²) in [6.07, 6.45) is 0.927. The van der Waals surface area contributed by atoms with Crippen LogP contribution in [0.4, 0.5) is 17.3 Å². The molecule has 0 fully saturated rings. The van der Waals surface area contributed by atoms with Crippen LogP contribution < -0.4 is 10.6 Å². The van der Waals surface area contributed by atoms with Crippen LogP contribution >= 0.6 is 0 Å². The largest absolute Gasteiger partial charge is 0.377 e. The Bertz CT molecular complexity index is 440. The zero-order valence-electron chi connectivity index (χ0n) is 12.2. The second kappa shape index (κ2) is 8.31. The van der Waals surface area contributed by atoms with E-state index in [1.54, 1.807) is 6.07 Å². The maximum atomic E-state index is 11.0. The highest BCUT2D eigenvalue weighted by Gasteiger charge is 2.16. The number of anilines is 2. The minimum absolute atomic E-state index is 0.0317. The predicted molar refractivity (Wildman–Crippen MR) is 79.2 cm³/mol. The lowest BCUT2D eigenvalue weighted by molar-refractivity contribution is -0.384. The maximum absolute atomic E-state index is 11.0. The van der Waals surface area contributed by atoms with Gasteiger partial charge in [-0.3, -0.25) is 10.1 Å². The Hall–Kier alpha value is -1.89. The molecule has 112 valence electrons. The molecule has 1 aromatic rings. The van der Waals surface area contributed by atoms with Crippen molar-refractivity contribution >= 4 is 17.3 Å². The van der Waals surface area contributed by atoms with Crippen molar-refractivity contribution in [2.75, 3.05) is 30.3 Å². The van der Waals surface area contributed by atoms with E-state index in [0.717, 1.165) is 13.0 Å². The molecule has 0 bridgehead atoms. The Morgan fingerprint density at radius 1 is 1.40 bits per heavy atom. The standard InChI is InChI=1S/C13H22N4O3/c1-4-8-14-12-7-6-11(17(18)19)13(16-12)15-9-10(3)20-5-2/h6-7,10H,4-5,8-9H2,1-3H3,(H2,14,15,16). The van der Waals surface area contributed by atoms with Gasteiger partial charge in [0.15, 0.2) is 0 Å². The smallest absolute Gasteiger partial charge is 0.311 e. The van der Waals surface area contributed by atoms with E-state index in [4.69, 9.17) is 4.74 Å². The number of nitrogens with one attached hydrogen (secondary N) is 2. The molecule has 1 rings (SSSR count). The van der Waals surface area contributed by atoms with Crippen LogP contribution in [0, 0.1) is 10.1 Å². The Labute approximate surface area is 118 Å². The lowest BCUT2D eigenvalue weighted by Crippen LogP contribution is -2.21. The maximum Gasteiger partial charge on any atom is 0.311 e. The van der Waals surface area contributed by atoms with Crippen molar-refractivity contribution in [2.24, 2.45) is 0 Å². The molecule has 0 saturated carbocycles. The van der Waals surface area contributed by atoms with E-state index < -0.39 is 4.92 Å². The summed E-state index contributed by atoms with van der Waals surface area (Å²) in [5, 5.41) is 17.1. The van der Waals surface area contributed by atoms with Crippen molar-refractivity contribution in [3.8, 4) is 0 Å². The molecular formula is C13H22N4O3. The summed E-state index contributed by atoms with van der Waals surface area (Å²) in [6.45, 7) is 7.71.